The molecule has 0 saturated heterocycles. The maximum absolute atomic E-state index is 13.8. The molecular formula is C45H64O7Si. The number of carbonyl (C=O) groups is 2. The molecule has 8 heteroatoms. The summed E-state index contributed by atoms with van der Waals surface area (Å²) in [6.07, 6.45) is 7.75. The quantitative estimate of drug-likeness (QED) is 0.0636. The second-order valence-electron chi connectivity index (χ2n) is 16.5. The standard InChI is InChI=1S/C45H64O7Si/c1-7-8-30-45(31-18-11-16-25-40(42(47)48)52-53(5,6)44(2,3)4)38(24-17-19-32-50-37-22-14-10-15-23-37)39(46)33-41(45)51-43(49)36-28-26-35(27-29-36)34-20-12-9-13-21-34/h9-10,12-15,20-23,26-29,38-41,46H,7-8,11,16-19,24-25,30-33H2,1-6H3,(H,47,48)/t38-,39?,40?,41-,45+/m0/s1. The molecule has 2 N–H and O–H groups in total. The minimum absolute atomic E-state index is 0.0160. The largest absolute Gasteiger partial charge is 0.494 e. The normalized spacial score (nSPS) is 20.9. The number of carboxylic acids is 1. The predicted molar refractivity (Wildman–Crippen MR) is 216 cm³/mol. The number of rotatable bonds is 21. The first-order chi connectivity index (χ1) is 25.3. The Morgan fingerprint density at radius 2 is 1.45 bits per heavy atom. The van der Waals surface area contributed by atoms with Crippen LogP contribution in [0.25, 0.3) is 11.1 Å². The third-order valence-corrected chi connectivity index (χ3v) is 16.3. The molecule has 3 aromatic rings. The van der Waals surface area contributed by atoms with Gasteiger partial charge >= 0.3 is 11.9 Å². The van der Waals surface area contributed by atoms with Gasteiger partial charge in [0.1, 0.15) is 18.0 Å². The summed E-state index contributed by atoms with van der Waals surface area (Å²) in [5, 5.41) is 21.6. The van der Waals surface area contributed by atoms with E-state index in [4.69, 9.17) is 13.9 Å². The summed E-state index contributed by atoms with van der Waals surface area (Å²) >= 11 is 0. The molecule has 5 atom stereocenters. The lowest BCUT2D eigenvalue weighted by Crippen LogP contribution is -2.46. The van der Waals surface area contributed by atoms with Crippen molar-refractivity contribution in [2.45, 2.75) is 141 Å². The highest BCUT2D eigenvalue weighted by Gasteiger charge is 2.55. The van der Waals surface area contributed by atoms with Crippen molar-refractivity contribution >= 4 is 20.3 Å². The smallest absolute Gasteiger partial charge is 0.338 e. The van der Waals surface area contributed by atoms with Crippen molar-refractivity contribution in [2.24, 2.45) is 11.3 Å². The molecule has 1 fully saturated rings. The van der Waals surface area contributed by atoms with Gasteiger partial charge in [-0.2, -0.15) is 0 Å². The van der Waals surface area contributed by atoms with Gasteiger partial charge < -0.3 is 24.1 Å². The zero-order valence-corrected chi connectivity index (χ0v) is 34.0. The van der Waals surface area contributed by atoms with E-state index in [1.807, 2.05) is 84.9 Å². The van der Waals surface area contributed by atoms with Crippen LogP contribution in [0.4, 0.5) is 0 Å². The van der Waals surface area contributed by atoms with Crippen molar-refractivity contribution < 1.29 is 33.7 Å². The van der Waals surface area contributed by atoms with Gasteiger partial charge in [0, 0.05) is 11.8 Å². The van der Waals surface area contributed by atoms with Gasteiger partial charge in [-0.1, -0.05) is 120 Å². The molecule has 1 aliphatic carbocycles. The summed E-state index contributed by atoms with van der Waals surface area (Å²) in [7, 11) is -2.24. The molecule has 0 amide bonds. The molecule has 1 aliphatic rings. The molecule has 53 heavy (non-hydrogen) atoms. The highest BCUT2D eigenvalue weighted by Crippen LogP contribution is 2.54. The van der Waals surface area contributed by atoms with Crippen LogP contribution in [0.15, 0.2) is 84.9 Å². The van der Waals surface area contributed by atoms with Crippen LogP contribution in [0.5, 0.6) is 5.75 Å². The third kappa shape index (κ3) is 11.8. The Bertz CT molecular complexity index is 1540. The van der Waals surface area contributed by atoms with Gasteiger partial charge in [0.25, 0.3) is 0 Å². The van der Waals surface area contributed by atoms with Gasteiger partial charge in [-0.25, -0.2) is 9.59 Å². The zero-order valence-electron chi connectivity index (χ0n) is 33.0. The molecule has 1 saturated carbocycles. The summed E-state index contributed by atoms with van der Waals surface area (Å²) in [5.41, 5.74) is 2.25. The van der Waals surface area contributed by atoms with Crippen LogP contribution in [-0.2, 0) is 14.0 Å². The molecule has 0 radical (unpaired) electrons. The number of ether oxygens (including phenoxy) is 2. The number of carboxylic acid groups (broad SMARTS) is 1. The van der Waals surface area contributed by atoms with Gasteiger partial charge in [0.2, 0.25) is 0 Å². The summed E-state index contributed by atoms with van der Waals surface area (Å²) in [6, 6.07) is 27.5. The maximum atomic E-state index is 13.8. The van der Waals surface area contributed by atoms with Gasteiger partial charge in [0.15, 0.2) is 8.32 Å². The fraction of sp³-hybridized carbons (Fsp3) is 0.556. The van der Waals surface area contributed by atoms with Crippen molar-refractivity contribution in [1.82, 2.24) is 0 Å². The lowest BCUT2D eigenvalue weighted by atomic mass is 9.67. The number of aliphatic hydroxyl groups is 1. The van der Waals surface area contributed by atoms with E-state index in [1.165, 1.54) is 0 Å². The number of carbonyl (C=O) groups excluding carboxylic acids is 1. The summed E-state index contributed by atoms with van der Waals surface area (Å²) in [4.78, 5) is 26.0. The fourth-order valence-corrected chi connectivity index (χ4v) is 9.02. The van der Waals surface area contributed by atoms with E-state index in [1.54, 1.807) is 0 Å². The van der Waals surface area contributed by atoms with E-state index in [9.17, 15) is 19.8 Å². The number of hydrogen-bond acceptors (Lipinski definition) is 6. The second-order valence-corrected chi connectivity index (χ2v) is 21.3. The Labute approximate surface area is 319 Å². The molecule has 2 unspecified atom stereocenters. The first kappa shape index (κ1) is 42.3. The third-order valence-electron chi connectivity index (χ3n) is 11.8. The van der Waals surface area contributed by atoms with E-state index >= 15 is 0 Å². The number of hydrogen-bond donors (Lipinski definition) is 2. The van der Waals surface area contributed by atoms with E-state index < -0.39 is 32.6 Å². The zero-order chi connectivity index (χ0) is 38.5. The molecule has 7 nitrogen and oxygen atoms in total. The minimum Gasteiger partial charge on any atom is -0.494 e. The Kier molecular flexibility index (Phi) is 15.7. The molecule has 290 valence electrons. The number of unbranched alkanes of at least 4 members (excludes halogenated alkanes) is 4. The van der Waals surface area contributed by atoms with Crippen molar-refractivity contribution in [3.8, 4) is 16.9 Å². The molecular weight excluding hydrogens is 681 g/mol. The van der Waals surface area contributed by atoms with Crippen LogP contribution in [0.2, 0.25) is 18.1 Å². The van der Waals surface area contributed by atoms with Crippen LogP contribution >= 0.6 is 0 Å². The number of esters is 1. The number of aliphatic carboxylic acids is 1. The summed E-state index contributed by atoms with van der Waals surface area (Å²) in [6.45, 7) is 13.4. The van der Waals surface area contributed by atoms with Gasteiger partial charge in [-0.3, -0.25) is 0 Å². The maximum Gasteiger partial charge on any atom is 0.338 e. The molecule has 3 aromatic carbocycles. The lowest BCUT2D eigenvalue weighted by molar-refractivity contribution is -0.146. The van der Waals surface area contributed by atoms with E-state index in [0.717, 1.165) is 81.1 Å². The molecule has 0 bridgehead atoms. The van der Waals surface area contributed by atoms with Crippen LogP contribution in [0.1, 0.15) is 115 Å². The molecule has 0 spiro atoms. The first-order valence-corrected chi connectivity index (χ1v) is 22.8. The average molecular weight is 745 g/mol. The minimum atomic E-state index is -2.24. The monoisotopic (exact) mass is 744 g/mol. The molecule has 0 aromatic heterocycles. The lowest BCUT2D eigenvalue weighted by Gasteiger charge is -2.41. The van der Waals surface area contributed by atoms with Crippen molar-refractivity contribution in [2.75, 3.05) is 6.61 Å². The summed E-state index contributed by atoms with van der Waals surface area (Å²) < 4.78 is 18.7. The molecule has 4 rings (SSSR count). The predicted octanol–water partition coefficient (Wildman–Crippen LogP) is 11.1. The Hall–Kier alpha value is -3.46. The average Bonchev–Trinajstić information content (AvgIpc) is 3.38. The van der Waals surface area contributed by atoms with Gasteiger partial charge in [-0.05, 0) is 98.0 Å². The van der Waals surface area contributed by atoms with E-state index in [-0.39, 0.29) is 22.3 Å². The first-order valence-electron chi connectivity index (χ1n) is 19.9. The van der Waals surface area contributed by atoms with Crippen molar-refractivity contribution in [3.63, 3.8) is 0 Å². The second kappa shape index (κ2) is 19.7. The fourth-order valence-electron chi connectivity index (χ4n) is 7.73. The van der Waals surface area contributed by atoms with Crippen molar-refractivity contribution in [1.29, 1.82) is 0 Å². The SMILES string of the molecule is CCCC[C@]1(CCCCCC(O[Si](C)(C)C(C)(C)C)C(=O)O)[C@@H](OC(=O)c2ccc(-c3ccccc3)cc2)CC(O)[C@@H]1CCCCOc1ccccc1. The van der Waals surface area contributed by atoms with Gasteiger partial charge in [0.05, 0.1) is 18.3 Å². The van der Waals surface area contributed by atoms with Crippen molar-refractivity contribution in [3.05, 3.63) is 90.5 Å². The van der Waals surface area contributed by atoms with E-state index in [2.05, 4.69) is 40.8 Å². The Balaban J connectivity index is 1.48. The number of benzene rings is 3. The topological polar surface area (TPSA) is 102 Å². The Morgan fingerprint density at radius 1 is 0.830 bits per heavy atom. The molecule has 0 heterocycles. The molecule has 0 aliphatic heterocycles. The van der Waals surface area contributed by atoms with E-state index in [0.29, 0.717) is 25.0 Å². The van der Waals surface area contributed by atoms with Gasteiger partial charge in [-0.15, -0.1) is 0 Å². The van der Waals surface area contributed by atoms with Crippen LogP contribution in [0, 0.1) is 11.3 Å². The number of para-hydroxylation sites is 1. The van der Waals surface area contributed by atoms with Crippen LogP contribution in [0.3, 0.4) is 0 Å². The van der Waals surface area contributed by atoms with Crippen LogP contribution in [-0.4, -0.2) is 55.4 Å². The highest BCUT2D eigenvalue weighted by molar-refractivity contribution is 6.74. The number of aliphatic hydroxyl groups excluding tert-OH is 1. The summed E-state index contributed by atoms with van der Waals surface area (Å²) in [5.74, 6) is -0.410. The Morgan fingerprint density at radius 3 is 2.08 bits per heavy atom. The highest BCUT2D eigenvalue weighted by atomic mass is 28.4. The van der Waals surface area contributed by atoms with Crippen LogP contribution < -0.4 is 4.74 Å².